The van der Waals surface area contributed by atoms with Crippen LogP contribution in [0.1, 0.15) is 31.5 Å². The fourth-order valence-electron chi connectivity index (χ4n) is 3.15. The molecule has 144 valence electrons. The molecule has 1 amide bonds. The third kappa shape index (κ3) is 3.52. The first kappa shape index (κ1) is 19.3. The summed E-state index contributed by atoms with van der Waals surface area (Å²) in [5.41, 5.74) is 1.08. The highest BCUT2D eigenvalue weighted by Gasteiger charge is 2.36. The predicted molar refractivity (Wildman–Crippen MR) is 115 cm³/mol. The average Bonchev–Trinajstić information content (AvgIpc) is 2.68. The maximum atomic E-state index is 13.0. The van der Waals surface area contributed by atoms with E-state index >= 15 is 0 Å². The van der Waals surface area contributed by atoms with Crippen molar-refractivity contribution in [2.24, 2.45) is 10.1 Å². The van der Waals surface area contributed by atoms with Gasteiger partial charge >= 0.3 is 0 Å². The summed E-state index contributed by atoms with van der Waals surface area (Å²) in [5.74, 6) is 0.675. The zero-order valence-corrected chi connectivity index (χ0v) is 17.5. The number of nitrogens with zero attached hydrogens (tertiary/aromatic N) is 3. The molecule has 0 bridgehead atoms. The lowest BCUT2D eigenvalue weighted by Gasteiger charge is -2.34. The van der Waals surface area contributed by atoms with Crippen LogP contribution in [-0.2, 0) is 4.79 Å². The topological polar surface area (TPSA) is 57.1 Å². The lowest BCUT2D eigenvalue weighted by atomic mass is 10.1. The number of fused-ring (bicyclic) bond motifs is 2. The number of hydrazone groups is 1. The van der Waals surface area contributed by atoms with Crippen molar-refractivity contribution in [1.29, 1.82) is 0 Å². The highest BCUT2D eigenvalue weighted by molar-refractivity contribution is 8.13. The molecule has 0 unspecified atom stereocenters. The smallest absolute Gasteiger partial charge is 0.276 e. The second kappa shape index (κ2) is 8.15. The number of amidine groups is 1. The van der Waals surface area contributed by atoms with Gasteiger partial charge in [0.05, 0.1) is 5.36 Å². The number of benzene rings is 2. The lowest BCUT2D eigenvalue weighted by Crippen LogP contribution is -2.50. The van der Waals surface area contributed by atoms with Crippen LogP contribution in [-0.4, -0.2) is 21.8 Å². The standard InChI is InChI=1S/C20H18Cl2N4OS/c1-2-3-11-28-20-24-19(27)17-12-7-4-5-10-15(12)23-18(26(17)25-20)16-13(21)8-6-9-14(16)22/h4-10,18H,2-3,11H2,1H3,(H,24,25,27)/t18-/m1/s1. The van der Waals surface area contributed by atoms with Gasteiger partial charge in [0.25, 0.3) is 5.91 Å². The highest BCUT2D eigenvalue weighted by Crippen LogP contribution is 2.38. The molecule has 2 aliphatic heterocycles. The lowest BCUT2D eigenvalue weighted by molar-refractivity contribution is -0.116. The SMILES string of the molecule is CCCCSC1=NN2C(=c3ccccc3=N[C@H]2c2c(Cl)cccc2Cl)C(=O)N1. The van der Waals surface area contributed by atoms with Crippen molar-refractivity contribution >= 4 is 51.7 Å². The fraction of sp³-hybridized carbons (Fsp3) is 0.250. The third-order valence-electron chi connectivity index (χ3n) is 4.51. The summed E-state index contributed by atoms with van der Waals surface area (Å²) >= 11 is 14.4. The van der Waals surface area contributed by atoms with Gasteiger partial charge in [-0.3, -0.25) is 15.1 Å². The van der Waals surface area contributed by atoms with Crippen LogP contribution >= 0.6 is 35.0 Å². The molecule has 2 aromatic carbocycles. The van der Waals surface area contributed by atoms with Crippen molar-refractivity contribution < 1.29 is 4.79 Å². The first-order valence-electron chi connectivity index (χ1n) is 9.03. The summed E-state index contributed by atoms with van der Waals surface area (Å²) in [7, 11) is 0. The van der Waals surface area contributed by atoms with E-state index in [1.165, 1.54) is 11.8 Å². The van der Waals surface area contributed by atoms with Crippen LogP contribution in [0.15, 0.2) is 52.6 Å². The van der Waals surface area contributed by atoms with Crippen LogP contribution < -0.4 is 15.9 Å². The number of hydrogen-bond donors (Lipinski definition) is 1. The predicted octanol–water partition coefficient (Wildman–Crippen LogP) is 3.67. The zero-order chi connectivity index (χ0) is 19.7. The Balaban J connectivity index is 1.89. The molecule has 5 nitrogen and oxygen atoms in total. The monoisotopic (exact) mass is 432 g/mol. The second-order valence-corrected chi connectivity index (χ2v) is 8.31. The molecular weight excluding hydrogens is 415 g/mol. The van der Waals surface area contributed by atoms with E-state index in [2.05, 4.69) is 12.2 Å². The number of carbonyl (C=O) groups is 1. The number of amides is 1. The van der Waals surface area contributed by atoms with E-state index in [9.17, 15) is 4.79 Å². The van der Waals surface area contributed by atoms with Gasteiger partial charge in [-0.2, -0.15) is 0 Å². The minimum atomic E-state index is -0.612. The Kier molecular flexibility index (Phi) is 5.62. The average molecular weight is 433 g/mol. The first-order chi connectivity index (χ1) is 13.6. The van der Waals surface area contributed by atoms with E-state index in [1.54, 1.807) is 23.2 Å². The molecule has 28 heavy (non-hydrogen) atoms. The number of nitrogens with one attached hydrogen (secondary N) is 1. The summed E-state index contributed by atoms with van der Waals surface area (Å²) in [6.45, 7) is 2.13. The van der Waals surface area contributed by atoms with E-state index in [0.717, 1.165) is 23.8 Å². The Bertz CT molecular complexity index is 1070. The largest absolute Gasteiger partial charge is 0.298 e. The molecule has 1 atom stereocenters. The molecule has 0 saturated carbocycles. The molecular formula is C20H18Cl2N4OS. The van der Waals surface area contributed by atoms with E-state index in [4.69, 9.17) is 33.3 Å². The Labute approximate surface area is 177 Å². The van der Waals surface area contributed by atoms with Gasteiger partial charge in [0.15, 0.2) is 11.3 Å². The third-order valence-corrected chi connectivity index (χ3v) is 6.12. The molecule has 0 saturated heterocycles. The van der Waals surface area contributed by atoms with Crippen molar-refractivity contribution in [2.75, 3.05) is 5.75 Å². The first-order valence-corrected chi connectivity index (χ1v) is 10.8. The molecule has 4 rings (SSSR count). The molecule has 0 aliphatic carbocycles. The number of para-hydroxylation sites is 1. The van der Waals surface area contributed by atoms with Crippen LogP contribution in [0.4, 0.5) is 0 Å². The van der Waals surface area contributed by atoms with Crippen molar-refractivity contribution in [3.8, 4) is 0 Å². The van der Waals surface area contributed by atoms with Gasteiger partial charge < -0.3 is 0 Å². The number of hydrogen-bond acceptors (Lipinski definition) is 5. The van der Waals surface area contributed by atoms with Crippen LogP contribution in [0.5, 0.6) is 0 Å². The Morgan fingerprint density at radius 2 is 1.89 bits per heavy atom. The van der Waals surface area contributed by atoms with Gasteiger partial charge in [-0.1, -0.05) is 72.6 Å². The summed E-state index contributed by atoms with van der Waals surface area (Å²) in [6, 6.07) is 12.8. The molecule has 0 radical (unpaired) electrons. The molecule has 0 fully saturated rings. The van der Waals surface area contributed by atoms with E-state index < -0.39 is 6.17 Å². The van der Waals surface area contributed by atoms with Gasteiger partial charge in [-0.15, -0.1) is 5.10 Å². The van der Waals surface area contributed by atoms with Crippen molar-refractivity contribution in [2.45, 2.75) is 25.9 Å². The summed E-state index contributed by atoms with van der Waals surface area (Å²) in [5, 5.41) is 12.2. The molecule has 2 heterocycles. The Hall–Kier alpha value is -2.02. The Morgan fingerprint density at radius 3 is 2.64 bits per heavy atom. The number of rotatable bonds is 4. The van der Waals surface area contributed by atoms with Crippen LogP contribution in [0.3, 0.4) is 0 Å². The van der Waals surface area contributed by atoms with Gasteiger partial charge in [-0.05, 0) is 24.6 Å². The van der Waals surface area contributed by atoms with Gasteiger partial charge in [0.2, 0.25) is 0 Å². The number of carbonyl (C=O) groups excluding carboxylic acids is 1. The second-order valence-electron chi connectivity index (χ2n) is 6.41. The minimum absolute atomic E-state index is 0.204. The maximum Gasteiger partial charge on any atom is 0.276 e. The molecule has 0 aromatic heterocycles. The minimum Gasteiger partial charge on any atom is -0.298 e. The van der Waals surface area contributed by atoms with Crippen molar-refractivity contribution in [1.82, 2.24) is 10.3 Å². The molecule has 1 N–H and O–H groups in total. The summed E-state index contributed by atoms with van der Waals surface area (Å²) < 4.78 is 0. The van der Waals surface area contributed by atoms with Crippen LogP contribution in [0.2, 0.25) is 10.0 Å². The molecule has 0 spiro atoms. The van der Waals surface area contributed by atoms with E-state index in [-0.39, 0.29) is 5.91 Å². The maximum absolute atomic E-state index is 13.0. The molecule has 2 aromatic rings. The fourth-order valence-corrected chi connectivity index (χ4v) is 4.68. The van der Waals surface area contributed by atoms with Crippen molar-refractivity contribution in [3.05, 3.63) is 68.6 Å². The van der Waals surface area contributed by atoms with Crippen LogP contribution in [0, 0.1) is 0 Å². The van der Waals surface area contributed by atoms with E-state index in [0.29, 0.717) is 31.8 Å². The molecule has 8 heteroatoms. The van der Waals surface area contributed by atoms with Crippen LogP contribution in [0.25, 0.3) is 5.70 Å². The van der Waals surface area contributed by atoms with E-state index in [1.807, 2.05) is 24.3 Å². The van der Waals surface area contributed by atoms with Gasteiger partial charge in [0.1, 0.15) is 5.70 Å². The van der Waals surface area contributed by atoms with Crippen molar-refractivity contribution in [3.63, 3.8) is 0 Å². The summed E-state index contributed by atoms with van der Waals surface area (Å²) in [6.07, 6.45) is 1.51. The number of unbranched alkanes of at least 4 members (excludes halogenated alkanes) is 1. The Morgan fingerprint density at radius 1 is 1.14 bits per heavy atom. The normalized spacial score (nSPS) is 18.0. The van der Waals surface area contributed by atoms with Gasteiger partial charge in [0, 0.05) is 26.6 Å². The highest BCUT2D eigenvalue weighted by atomic mass is 35.5. The number of halogens is 2. The zero-order valence-electron chi connectivity index (χ0n) is 15.2. The summed E-state index contributed by atoms with van der Waals surface area (Å²) in [4.78, 5) is 17.8. The quantitative estimate of drug-likeness (QED) is 0.749. The molecule has 2 aliphatic rings. The number of thioether (sulfide) groups is 1. The van der Waals surface area contributed by atoms with Gasteiger partial charge in [-0.25, -0.2) is 5.01 Å².